The minimum atomic E-state index is -4.73. The maximum absolute atomic E-state index is 13.6. The molecule has 0 saturated carbocycles. The zero-order valence-electron chi connectivity index (χ0n) is 19.6. The summed E-state index contributed by atoms with van der Waals surface area (Å²) in [6.07, 6.45) is -2.98. The second-order valence-corrected chi connectivity index (χ2v) is 8.46. The van der Waals surface area contributed by atoms with Crippen molar-refractivity contribution < 1.29 is 18.0 Å². The lowest BCUT2D eigenvalue weighted by Crippen LogP contribution is -2.44. The Morgan fingerprint density at radius 2 is 1.86 bits per heavy atom. The molecule has 1 unspecified atom stereocenters. The topological polar surface area (TPSA) is 93.9 Å². The van der Waals surface area contributed by atoms with Crippen molar-refractivity contribution in [2.75, 3.05) is 30.4 Å². The molecule has 1 aliphatic rings. The number of hydrogen-bond donors (Lipinski definition) is 2. The number of rotatable bonds is 7. The molecule has 10 heteroatoms. The Kier molecular flexibility index (Phi) is 7.38. The molecule has 36 heavy (non-hydrogen) atoms. The molecule has 1 atom stereocenters. The third-order valence-corrected chi connectivity index (χ3v) is 6.08. The zero-order chi connectivity index (χ0) is 25.7. The number of carbonyl (C=O) groups excluding carboxylic acids is 1. The van der Waals surface area contributed by atoms with Crippen LogP contribution in [0.25, 0.3) is 11.3 Å². The van der Waals surface area contributed by atoms with Crippen molar-refractivity contribution in [3.8, 4) is 17.3 Å². The van der Waals surface area contributed by atoms with Gasteiger partial charge in [0.25, 0.3) is 0 Å². The van der Waals surface area contributed by atoms with Crippen molar-refractivity contribution in [3.05, 3.63) is 71.5 Å². The van der Waals surface area contributed by atoms with Gasteiger partial charge in [-0.25, -0.2) is 9.97 Å². The Bertz CT molecular complexity index is 1250. The van der Waals surface area contributed by atoms with Crippen LogP contribution in [0.15, 0.2) is 54.6 Å². The standard InChI is InChI=1S/C26H25F3N6O/c1-31-20-10-8-19(9-11-20)21-15-23(34-25(33-21)26(27,28)29)35-14-2-3-22(35)24(36)32-13-12-17-4-6-18(16-30)7-5-17/h4-11,15,22,31H,2-3,12-14H2,1H3,(H,32,36). The summed E-state index contributed by atoms with van der Waals surface area (Å²) in [5.41, 5.74) is 3.01. The maximum atomic E-state index is 13.6. The number of carbonyl (C=O) groups is 1. The Balaban J connectivity index is 1.52. The predicted molar refractivity (Wildman–Crippen MR) is 130 cm³/mol. The Labute approximate surface area is 207 Å². The van der Waals surface area contributed by atoms with Gasteiger partial charge >= 0.3 is 6.18 Å². The fraction of sp³-hybridized carbons (Fsp3) is 0.308. The van der Waals surface area contributed by atoms with Crippen molar-refractivity contribution in [2.24, 2.45) is 0 Å². The number of anilines is 2. The van der Waals surface area contributed by atoms with E-state index in [4.69, 9.17) is 5.26 Å². The second kappa shape index (κ2) is 10.6. The molecule has 0 radical (unpaired) electrons. The van der Waals surface area contributed by atoms with E-state index in [-0.39, 0.29) is 17.4 Å². The molecular formula is C26H25F3N6O. The predicted octanol–water partition coefficient (Wildman–Crippen LogP) is 4.40. The van der Waals surface area contributed by atoms with Crippen LogP contribution in [-0.4, -0.2) is 42.1 Å². The minimum absolute atomic E-state index is 0.0785. The average molecular weight is 495 g/mol. The van der Waals surface area contributed by atoms with Gasteiger partial charge in [0.2, 0.25) is 11.7 Å². The van der Waals surface area contributed by atoms with Crippen molar-refractivity contribution in [3.63, 3.8) is 0 Å². The number of aromatic nitrogens is 2. The molecule has 0 aliphatic carbocycles. The SMILES string of the molecule is CNc1ccc(-c2cc(N3CCCC3C(=O)NCCc3ccc(C#N)cc3)nc(C(F)(F)F)n2)cc1. The summed E-state index contributed by atoms with van der Waals surface area (Å²) in [7, 11) is 1.75. The highest BCUT2D eigenvalue weighted by atomic mass is 19.4. The highest BCUT2D eigenvalue weighted by Crippen LogP contribution is 2.33. The quantitative estimate of drug-likeness (QED) is 0.506. The monoisotopic (exact) mass is 494 g/mol. The first-order valence-electron chi connectivity index (χ1n) is 11.6. The first kappa shape index (κ1) is 25.0. The molecule has 186 valence electrons. The summed E-state index contributed by atoms with van der Waals surface area (Å²) in [4.78, 5) is 22.1. The Morgan fingerprint density at radius 3 is 2.50 bits per heavy atom. The van der Waals surface area contributed by atoms with E-state index < -0.39 is 18.0 Å². The molecule has 1 amide bonds. The number of nitrogens with zero attached hydrogens (tertiary/aromatic N) is 4. The van der Waals surface area contributed by atoms with Gasteiger partial charge in [0.15, 0.2) is 0 Å². The van der Waals surface area contributed by atoms with Gasteiger partial charge in [-0.15, -0.1) is 0 Å². The van der Waals surface area contributed by atoms with Gasteiger partial charge in [0.1, 0.15) is 11.9 Å². The third kappa shape index (κ3) is 5.74. The van der Waals surface area contributed by atoms with E-state index in [9.17, 15) is 18.0 Å². The van der Waals surface area contributed by atoms with E-state index in [1.165, 1.54) is 6.07 Å². The molecule has 2 aromatic carbocycles. The lowest BCUT2D eigenvalue weighted by atomic mass is 10.1. The second-order valence-electron chi connectivity index (χ2n) is 8.46. The smallest absolute Gasteiger partial charge is 0.388 e. The van der Waals surface area contributed by atoms with Crippen molar-refractivity contribution in [1.29, 1.82) is 5.26 Å². The summed E-state index contributed by atoms with van der Waals surface area (Å²) in [6, 6.07) is 16.9. The Hall–Kier alpha value is -4.13. The number of benzene rings is 2. The molecule has 0 bridgehead atoms. The van der Waals surface area contributed by atoms with Crippen LogP contribution in [0.4, 0.5) is 24.7 Å². The van der Waals surface area contributed by atoms with E-state index in [2.05, 4.69) is 26.7 Å². The van der Waals surface area contributed by atoms with Gasteiger partial charge in [0.05, 0.1) is 17.3 Å². The first-order valence-corrected chi connectivity index (χ1v) is 11.6. The van der Waals surface area contributed by atoms with Crippen LogP contribution >= 0.6 is 0 Å². The molecule has 0 spiro atoms. The molecule has 3 aromatic rings. The number of amides is 1. The highest BCUT2D eigenvalue weighted by molar-refractivity contribution is 5.85. The van der Waals surface area contributed by atoms with E-state index in [0.29, 0.717) is 43.5 Å². The normalized spacial score (nSPS) is 15.4. The molecule has 1 saturated heterocycles. The van der Waals surface area contributed by atoms with Crippen LogP contribution in [0.5, 0.6) is 0 Å². The van der Waals surface area contributed by atoms with Crippen LogP contribution in [0.2, 0.25) is 0 Å². The van der Waals surface area contributed by atoms with Crippen LogP contribution in [0.3, 0.4) is 0 Å². The summed E-state index contributed by atoms with van der Waals surface area (Å²) in [5.74, 6) is -1.41. The number of hydrogen-bond acceptors (Lipinski definition) is 6. The summed E-state index contributed by atoms with van der Waals surface area (Å²) >= 11 is 0. The maximum Gasteiger partial charge on any atom is 0.451 e. The fourth-order valence-corrected chi connectivity index (χ4v) is 4.17. The molecule has 4 rings (SSSR count). The number of alkyl halides is 3. The van der Waals surface area contributed by atoms with Gasteiger partial charge in [-0.1, -0.05) is 24.3 Å². The van der Waals surface area contributed by atoms with E-state index in [1.807, 2.05) is 12.1 Å². The zero-order valence-corrected chi connectivity index (χ0v) is 19.6. The van der Waals surface area contributed by atoms with E-state index in [0.717, 1.165) is 11.3 Å². The lowest BCUT2D eigenvalue weighted by molar-refractivity contribution is -0.144. The van der Waals surface area contributed by atoms with Crippen LogP contribution in [-0.2, 0) is 17.4 Å². The summed E-state index contributed by atoms with van der Waals surface area (Å²) in [5, 5.41) is 14.8. The van der Waals surface area contributed by atoms with E-state index in [1.54, 1.807) is 48.3 Å². The number of halogens is 3. The van der Waals surface area contributed by atoms with Crippen LogP contribution in [0, 0.1) is 11.3 Å². The molecule has 1 aromatic heterocycles. The number of nitrogens with one attached hydrogen (secondary N) is 2. The van der Waals surface area contributed by atoms with E-state index >= 15 is 0 Å². The molecule has 2 heterocycles. The van der Waals surface area contributed by atoms with Gasteiger partial charge < -0.3 is 15.5 Å². The van der Waals surface area contributed by atoms with Crippen LogP contribution in [0.1, 0.15) is 29.8 Å². The molecule has 7 nitrogen and oxygen atoms in total. The van der Waals surface area contributed by atoms with Gasteiger partial charge in [0, 0.05) is 37.5 Å². The molecule has 1 aliphatic heterocycles. The highest BCUT2D eigenvalue weighted by Gasteiger charge is 2.38. The minimum Gasteiger partial charge on any atom is -0.388 e. The van der Waals surface area contributed by atoms with Gasteiger partial charge in [-0.2, -0.15) is 18.4 Å². The van der Waals surface area contributed by atoms with Gasteiger partial charge in [-0.05, 0) is 49.1 Å². The van der Waals surface area contributed by atoms with Crippen molar-refractivity contribution in [2.45, 2.75) is 31.5 Å². The molecule has 1 fully saturated rings. The lowest BCUT2D eigenvalue weighted by Gasteiger charge is -2.26. The first-order chi connectivity index (χ1) is 17.3. The third-order valence-electron chi connectivity index (χ3n) is 6.08. The largest absolute Gasteiger partial charge is 0.451 e. The van der Waals surface area contributed by atoms with Crippen LogP contribution < -0.4 is 15.5 Å². The molecular weight excluding hydrogens is 469 g/mol. The van der Waals surface area contributed by atoms with Crippen molar-refractivity contribution >= 4 is 17.4 Å². The summed E-state index contributed by atoms with van der Waals surface area (Å²) in [6.45, 7) is 0.788. The Morgan fingerprint density at radius 1 is 1.14 bits per heavy atom. The summed E-state index contributed by atoms with van der Waals surface area (Å²) < 4.78 is 40.9. The van der Waals surface area contributed by atoms with Crippen molar-refractivity contribution in [1.82, 2.24) is 15.3 Å². The fourth-order valence-electron chi connectivity index (χ4n) is 4.17. The average Bonchev–Trinajstić information content (AvgIpc) is 3.39. The van der Waals surface area contributed by atoms with Gasteiger partial charge in [-0.3, -0.25) is 4.79 Å². The number of nitriles is 1. The molecule has 2 N–H and O–H groups in total.